The van der Waals surface area contributed by atoms with Crippen molar-refractivity contribution in [3.8, 4) is 0 Å². The summed E-state index contributed by atoms with van der Waals surface area (Å²) in [5.41, 5.74) is 4.93. The molecule has 0 aromatic heterocycles. The molecular formula is C20H22N2O. The summed E-state index contributed by atoms with van der Waals surface area (Å²) in [5, 5.41) is 6.68. The van der Waals surface area contributed by atoms with E-state index in [2.05, 4.69) is 42.7 Å². The van der Waals surface area contributed by atoms with Crippen LogP contribution in [0.5, 0.6) is 0 Å². The van der Waals surface area contributed by atoms with Gasteiger partial charge in [-0.3, -0.25) is 4.79 Å². The van der Waals surface area contributed by atoms with E-state index in [1.807, 2.05) is 37.4 Å². The zero-order valence-corrected chi connectivity index (χ0v) is 13.8. The number of fused-ring (bicyclic) bond motifs is 1. The fourth-order valence-corrected chi connectivity index (χ4v) is 3.02. The van der Waals surface area contributed by atoms with E-state index in [4.69, 9.17) is 0 Å². The van der Waals surface area contributed by atoms with Crippen LogP contribution in [0.4, 0.5) is 5.69 Å². The van der Waals surface area contributed by atoms with Crippen molar-refractivity contribution in [1.29, 1.82) is 0 Å². The smallest absolute Gasteiger partial charge is 0.187 e. The summed E-state index contributed by atoms with van der Waals surface area (Å²) in [4.78, 5) is 12.6. The van der Waals surface area contributed by atoms with Crippen LogP contribution < -0.4 is 10.6 Å². The molecule has 2 aromatic carbocycles. The molecular weight excluding hydrogens is 284 g/mol. The lowest BCUT2D eigenvalue weighted by atomic mass is 9.85. The lowest BCUT2D eigenvalue weighted by Gasteiger charge is -2.35. The van der Waals surface area contributed by atoms with Crippen molar-refractivity contribution in [3.05, 3.63) is 71.3 Å². The molecule has 0 amide bonds. The van der Waals surface area contributed by atoms with Crippen molar-refractivity contribution < 1.29 is 4.79 Å². The average molecular weight is 306 g/mol. The highest BCUT2D eigenvalue weighted by Gasteiger charge is 2.28. The molecule has 118 valence electrons. The molecule has 0 fully saturated rings. The molecule has 0 atom stereocenters. The Morgan fingerprint density at radius 1 is 1.17 bits per heavy atom. The van der Waals surface area contributed by atoms with Gasteiger partial charge in [0.2, 0.25) is 0 Å². The predicted octanol–water partition coefficient (Wildman–Crippen LogP) is 3.88. The van der Waals surface area contributed by atoms with Gasteiger partial charge in [-0.15, -0.1) is 0 Å². The molecule has 2 N–H and O–H groups in total. The fourth-order valence-electron chi connectivity index (χ4n) is 3.02. The largest absolute Gasteiger partial charge is 0.388 e. The predicted molar refractivity (Wildman–Crippen MR) is 95.7 cm³/mol. The number of carbonyl (C=O) groups is 1. The molecule has 3 heteroatoms. The van der Waals surface area contributed by atoms with Crippen LogP contribution in [0.15, 0.2) is 54.6 Å². The normalized spacial score (nSPS) is 17.3. The molecule has 2 aromatic rings. The Balaban J connectivity index is 2.05. The van der Waals surface area contributed by atoms with Crippen LogP contribution in [0.1, 0.15) is 35.3 Å². The molecule has 0 aliphatic carbocycles. The number of hydrogen-bond donors (Lipinski definition) is 2. The first-order valence-corrected chi connectivity index (χ1v) is 7.89. The zero-order valence-electron chi connectivity index (χ0n) is 13.8. The van der Waals surface area contributed by atoms with Gasteiger partial charge in [-0.25, -0.2) is 0 Å². The number of nitrogens with one attached hydrogen (secondary N) is 2. The van der Waals surface area contributed by atoms with Gasteiger partial charge in [0.1, 0.15) is 0 Å². The van der Waals surface area contributed by atoms with E-state index < -0.39 is 0 Å². The SMILES string of the molecule is CNc1ccc2c(c1)/C(=C/C(=O)c1ccccc1)NC(C)(C)C2. The van der Waals surface area contributed by atoms with Gasteiger partial charge in [0.25, 0.3) is 0 Å². The first-order valence-electron chi connectivity index (χ1n) is 7.89. The molecule has 1 aliphatic heterocycles. The Morgan fingerprint density at radius 2 is 1.91 bits per heavy atom. The highest BCUT2D eigenvalue weighted by Crippen LogP contribution is 2.31. The topological polar surface area (TPSA) is 41.1 Å². The van der Waals surface area contributed by atoms with Gasteiger partial charge in [0.05, 0.1) is 0 Å². The first-order chi connectivity index (χ1) is 11.0. The number of carbonyl (C=O) groups excluding carboxylic acids is 1. The van der Waals surface area contributed by atoms with Gasteiger partial charge in [0, 0.05) is 41.2 Å². The van der Waals surface area contributed by atoms with Crippen LogP contribution >= 0.6 is 0 Å². The summed E-state index contributed by atoms with van der Waals surface area (Å²) in [7, 11) is 1.90. The standard InChI is InChI=1S/C20H22N2O/c1-20(2)13-15-9-10-16(21-3)11-17(15)18(22-20)12-19(23)14-7-5-4-6-8-14/h4-12,21-22H,13H2,1-3H3/b18-12-. The van der Waals surface area contributed by atoms with Crippen LogP contribution in [0, 0.1) is 0 Å². The Morgan fingerprint density at radius 3 is 2.61 bits per heavy atom. The zero-order chi connectivity index (χ0) is 16.4. The van der Waals surface area contributed by atoms with Gasteiger partial charge in [-0.1, -0.05) is 36.4 Å². The minimum atomic E-state index is -0.0725. The van der Waals surface area contributed by atoms with Crippen LogP contribution in [0.3, 0.4) is 0 Å². The minimum absolute atomic E-state index is 0.0200. The quantitative estimate of drug-likeness (QED) is 0.668. The maximum absolute atomic E-state index is 12.6. The van der Waals surface area contributed by atoms with Crippen LogP contribution in [-0.4, -0.2) is 18.4 Å². The van der Waals surface area contributed by atoms with Gasteiger partial charge >= 0.3 is 0 Å². The fraction of sp³-hybridized carbons (Fsp3) is 0.250. The summed E-state index contributed by atoms with van der Waals surface area (Å²) in [6, 6.07) is 15.7. The van der Waals surface area contributed by atoms with Crippen molar-refractivity contribution in [1.82, 2.24) is 5.32 Å². The molecule has 0 saturated carbocycles. The Hall–Kier alpha value is -2.55. The van der Waals surface area contributed by atoms with E-state index in [1.54, 1.807) is 6.08 Å². The second-order valence-corrected chi connectivity index (χ2v) is 6.60. The third-order valence-electron chi connectivity index (χ3n) is 4.13. The van der Waals surface area contributed by atoms with Gasteiger partial charge < -0.3 is 10.6 Å². The lowest BCUT2D eigenvalue weighted by molar-refractivity contribution is 0.104. The number of ketones is 1. The van der Waals surface area contributed by atoms with E-state index in [0.717, 1.165) is 23.4 Å². The first kappa shape index (κ1) is 15.3. The van der Waals surface area contributed by atoms with E-state index in [-0.39, 0.29) is 11.3 Å². The van der Waals surface area contributed by atoms with E-state index in [9.17, 15) is 4.79 Å². The molecule has 3 nitrogen and oxygen atoms in total. The maximum Gasteiger partial charge on any atom is 0.187 e. The summed E-state index contributed by atoms with van der Waals surface area (Å²) < 4.78 is 0. The van der Waals surface area contributed by atoms with Gasteiger partial charge in [0.15, 0.2) is 5.78 Å². The van der Waals surface area contributed by atoms with E-state index >= 15 is 0 Å². The molecule has 1 heterocycles. The van der Waals surface area contributed by atoms with Crippen molar-refractivity contribution in [3.63, 3.8) is 0 Å². The molecule has 1 aliphatic rings. The van der Waals surface area contributed by atoms with Crippen molar-refractivity contribution in [2.24, 2.45) is 0 Å². The number of allylic oxidation sites excluding steroid dienone is 1. The number of rotatable bonds is 3. The van der Waals surface area contributed by atoms with E-state index in [1.165, 1.54) is 5.56 Å². The number of benzene rings is 2. The Bertz CT molecular complexity index is 760. The Kier molecular flexibility index (Phi) is 3.95. The highest BCUT2D eigenvalue weighted by atomic mass is 16.1. The molecule has 0 radical (unpaired) electrons. The maximum atomic E-state index is 12.6. The van der Waals surface area contributed by atoms with Crippen molar-refractivity contribution in [2.45, 2.75) is 25.8 Å². The number of hydrogen-bond acceptors (Lipinski definition) is 3. The number of anilines is 1. The third kappa shape index (κ3) is 3.29. The van der Waals surface area contributed by atoms with Gasteiger partial charge in [-0.05, 0) is 38.0 Å². The summed E-state index contributed by atoms with van der Waals surface area (Å²) in [6.45, 7) is 4.31. The third-order valence-corrected chi connectivity index (χ3v) is 4.13. The van der Waals surface area contributed by atoms with Crippen LogP contribution in [0.2, 0.25) is 0 Å². The van der Waals surface area contributed by atoms with Crippen molar-refractivity contribution >= 4 is 17.2 Å². The van der Waals surface area contributed by atoms with E-state index in [0.29, 0.717) is 5.56 Å². The Labute approximate surface area is 137 Å². The molecule has 0 unspecified atom stereocenters. The highest BCUT2D eigenvalue weighted by molar-refractivity contribution is 6.08. The van der Waals surface area contributed by atoms with Crippen LogP contribution in [0.25, 0.3) is 5.70 Å². The second kappa shape index (κ2) is 5.92. The molecule has 0 saturated heterocycles. The molecule has 23 heavy (non-hydrogen) atoms. The molecule has 0 bridgehead atoms. The summed E-state index contributed by atoms with van der Waals surface area (Å²) in [6.07, 6.45) is 2.65. The lowest BCUT2D eigenvalue weighted by Crippen LogP contribution is -2.43. The second-order valence-electron chi connectivity index (χ2n) is 6.60. The molecule has 3 rings (SSSR count). The monoisotopic (exact) mass is 306 g/mol. The average Bonchev–Trinajstić information content (AvgIpc) is 2.54. The minimum Gasteiger partial charge on any atom is -0.388 e. The molecule has 0 spiro atoms. The summed E-state index contributed by atoms with van der Waals surface area (Å²) in [5.74, 6) is 0.0200. The van der Waals surface area contributed by atoms with Gasteiger partial charge in [-0.2, -0.15) is 0 Å². The van der Waals surface area contributed by atoms with Crippen LogP contribution in [-0.2, 0) is 6.42 Å². The summed E-state index contributed by atoms with van der Waals surface area (Å²) >= 11 is 0. The van der Waals surface area contributed by atoms with Crippen molar-refractivity contribution in [2.75, 3.05) is 12.4 Å².